The van der Waals surface area contributed by atoms with E-state index in [2.05, 4.69) is 13.0 Å². The summed E-state index contributed by atoms with van der Waals surface area (Å²) in [7, 11) is 3.07. The van der Waals surface area contributed by atoms with Crippen LogP contribution in [0, 0.1) is 11.8 Å². The smallest absolute Gasteiger partial charge is 0.239 e. The Morgan fingerprint density at radius 1 is 1.29 bits per heavy atom. The molecule has 0 unspecified atom stereocenters. The van der Waals surface area contributed by atoms with Crippen molar-refractivity contribution in [2.45, 2.75) is 32.0 Å². The Balaban J connectivity index is 2.28. The Kier molecular flexibility index (Phi) is 3.50. The van der Waals surface area contributed by atoms with E-state index in [1.807, 2.05) is 12.2 Å². The molecule has 0 amide bonds. The van der Waals surface area contributed by atoms with Crippen LogP contribution in [0.3, 0.4) is 0 Å². The number of unbranched alkanes of at least 4 members (excludes halogenated alkanes) is 1. The summed E-state index contributed by atoms with van der Waals surface area (Å²) in [5.74, 6) is -1.27. The first-order valence-corrected chi connectivity index (χ1v) is 6.23. The molecule has 0 aromatic heterocycles. The van der Waals surface area contributed by atoms with Gasteiger partial charge in [0, 0.05) is 14.2 Å². The van der Waals surface area contributed by atoms with E-state index >= 15 is 0 Å². The molecule has 3 aliphatic rings. The first-order chi connectivity index (χ1) is 8.19. The van der Waals surface area contributed by atoms with Crippen LogP contribution in [0.2, 0.25) is 0 Å². The van der Waals surface area contributed by atoms with Crippen LogP contribution in [0.15, 0.2) is 23.8 Å². The highest BCUT2D eigenvalue weighted by Gasteiger charge is 2.53. The van der Waals surface area contributed by atoms with Crippen LogP contribution >= 0.6 is 0 Å². The third-order valence-electron chi connectivity index (χ3n) is 3.79. The van der Waals surface area contributed by atoms with Crippen molar-refractivity contribution in [3.8, 4) is 0 Å². The fourth-order valence-electron chi connectivity index (χ4n) is 2.79. The second-order valence-corrected chi connectivity index (χ2v) is 4.67. The first-order valence-electron chi connectivity index (χ1n) is 6.23. The van der Waals surface area contributed by atoms with Crippen LogP contribution in [0.25, 0.3) is 0 Å². The molecule has 0 saturated carbocycles. The Labute approximate surface area is 102 Å². The molecule has 94 valence electrons. The predicted octanol–water partition coefficient (Wildman–Crippen LogP) is 2.48. The van der Waals surface area contributed by atoms with Crippen molar-refractivity contribution in [2.75, 3.05) is 14.2 Å². The minimum absolute atomic E-state index is 0.0450. The zero-order chi connectivity index (χ0) is 12.5. The van der Waals surface area contributed by atoms with Gasteiger partial charge in [0.15, 0.2) is 0 Å². The quantitative estimate of drug-likeness (QED) is 0.543. The van der Waals surface area contributed by atoms with E-state index in [9.17, 15) is 4.79 Å². The molecule has 0 spiro atoms. The summed E-state index contributed by atoms with van der Waals surface area (Å²) in [6.45, 7) is 2.16. The monoisotopic (exact) mass is 236 g/mol. The molecule has 0 fully saturated rings. The van der Waals surface area contributed by atoms with E-state index in [0.29, 0.717) is 0 Å². The SMILES string of the molecule is CCCCC1=C[C@H]2C=C[C@@H]1C(=O)C2(OC)OC. The summed E-state index contributed by atoms with van der Waals surface area (Å²) in [6, 6.07) is 0. The maximum Gasteiger partial charge on any atom is 0.239 e. The minimum atomic E-state index is -1.09. The van der Waals surface area contributed by atoms with Gasteiger partial charge >= 0.3 is 0 Å². The second-order valence-electron chi connectivity index (χ2n) is 4.67. The van der Waals surface area contributed by atoms with Crippen molar-refractivity contribution in [2.24, 2.45) is 11.8 Å². The van der Waals surface area contributed by atoms with Crippen molar-refractivity contribution in [1.29, 1.82) is 0 Å². The van der Waals surface area contributed by atoms with E-state index in [1.54, 1.807) is 0 Å². The van der Waals surface area contributed by atoms with Crippen molar-refractivity contribution < 1.29 is 14.3 Å². The van der Waals surface area contributed by atoms with Crippen LogP contribution in [0.1, 0.15) is 26.2 Å². The van der Waals surface area contributed by atoms with E-state index < -0.39 is 5.79 Å². The maximum absolute atomic E-state index is 12.4. The molecular weight excluding hydrogens is 216 g/mol. The summed E-state index contributed by atoms with van der Waals surface area (Å²) >= 11 is 0. The minimum Gasteiger partial charge on any atom is -0.346 e. The number of hydrogen-bond acceptors (Lipinski definition) is 3. The Hall–Kier alpha value is -0.930. The van der Waals surface area contributed by atoms with Gasteiger partial charge < -0.3 is 9.47 Å². The van der Waals surface area contributed by atoms with Gasteiger partial charge in [-0.1, -0.05) is 37.1 Å². The highest BCUT2D eigenvalue weighted by molar-refractivity contribution is 5.95. The summed E-state index contributed by atoms with van der Waals surface area (Å²) in [5.41, 5.74) is 1.23. The lowest BCUT2D eigenvalue weighted by Crippen LogP contribution is -2.55. The zero-order valence-electron chi connectivity index (χ0n) is 10.7. The summed E-state index contributed by atoms with van der Waals surface area (Å²) in [5, 5.41) is 0. The summed E-state index contributed by atoms with van der Waals surface area (Å²) < 4.78 is 10.7. The van der Waals surface area contributed by atoms with Gasteiger partial charge in [0.1, 0.15) is 0 Å². The van der Waals surface area contributed by atoms with Crippen molar-refractivity contribution in [3.63, 3.8) is 0 Å². The van der Waals surface area contributed by atoms with Gasteiger partial charge in [-0.15, -0.1) is 0 Å². The zero-order valence-corrected chi connectivity index (χ0v) is 10.7. The second kappa shape index (κ2) is 4.75. The van der Waals surface area contributed by atoms with Gasteiger partial charge in [-0.05, 0) is 12.8 Å². The van der Waals surface area contributed by atoms with Crippen molar-refractivity contribution in [3.05, 3.63) is 23.8 Å². The standard InChI is InChI=1S/C14H20O3/c1-4-5-6-10-9-11-7-8-12(10)13(15)14(11,16-2)17-3/h7-9,11-12H,4-6H2,1-3H3/t11-,12+/m1/s1. The molecule has 0 N–H and O–H groups in total. The molecule has 2 atom stereocenters. The van der Waals surface area contributed by atoms with Gasteiger partial charge in [0.2, 0.25) is 11.6 Å². The Bertz CT molecular complexity index is 364. The summed E-state index contributed by atoms with van der Waals surface area (Å²) in [6.07, 6.45) is 9.43. The van der Waals surface area contributed by atoms with Gasteiger partial charge in [0.25, 0.3) is 0 Å². The lowest BCUT2D eigenvalue weighted by Gasteiger charge is -2.43. The first kappa shape index (κ1) is 12.5. The number of ether oxygens (including phenoxy) is 2. The van der Waals surface area contributed by atoms with E-state index in [-0.39, 0.29) is 17.6 Å². The van der Waals surface area contributed by atoms with Crippen LogP contribution in [-0.4, -0.2) is 25.8 Å². The van der Waals surface area contributed by atoms with Gasteiger partial charge in [-0.3, -0.25) is 4.79 Å². The van der Waals surface area contributed by atoms with Crippen molar-refractivity contribution in [1.82, 2.24) is 0 Å². The normalized spacial score (nSPS) is 29.6. The van der Waals surface area contributed by atoms with Crippen LogP contribution in [0.5, 0.6) is 0 Å². The van der Waals surface area contributed by atoms with Gasteiger partial charge in [0.05, 0.1) is 11.8 Å². The molecule has 0 heterocycles. The van der Waals surface area contributed by atoms with Crippen LogP contribution in [0.4, 0.5) is 0 Å². The molecule has 0 aromatic carbocycles. The van der Waals surface area contributed by atoms with E-state index in [1.165, 1.54) is 19.8 Å². The van der Waals surface area contributed by atoms with Crippen molar-refractivity contribution >= 4 is 5.78 Å². The average Bonchev–Trinajstić information content (AvgIpc) is 2.38. The number of Topliss-reactive ketones (excluding diaryl/α,β-unsaturated/α-hetero) is 1. The fourth-order valence-corrected chi connectivity index (χ4v) is 2.79. The van der Waals surface area contributed by atoms with E-state index in [4.69, 9.17) is 9.47 Å². The number of hydrogen-bond donors (Lipinski definition) is 0. The Morgan fingerprint density at radius 3 is 2.53 bits per heavy atom. The van der Waals surface area contributed by atoms with Gasteiger partial charge in [-0.25, -0.2) is 0 Å². The highest BCUT2D eigenvalue weighted by Crippen LogP contribution is 2.43. The third kappa shape index (κ3) is 1.78. The molecule has 3 nitrogen and oxygen atoms in total. The largest absolute Gasteiger partial charge is 0.346 e. The van der Waals surface area contributed by atoms with Crippen LogP contribution < -0.4 is 0 Å². The molecule has 0 radical (unpaired) electrons. The summed E-state index contributed by atoms with van der Waals surface area (Å²) in [4.78, 5) is 12.4. The van der Waals surface area contributed by atoms with Gasteiger partial charge in [-0.2, -0.15) is 0 Å². The number of allylic oxidation sites excluding steroid dienone is 2. The lowest BCUT2D eigenvalue weighted by molar-refractivity contribution is -0.223. The number of fused-ring (bicyclic) bond motifs is 1. The number of carbonyl (C=O) groups is 1. The Morgan fingerprint density at radius 2 is 2.00 bits per heavy atom. The predicted molar refractivity (Wildman–Crippen MR) is 65.5 cm³/mol. The molecule has 0 aliphatic heterocycles. The number of ketones is 1. The molecule has 0 aromatic rings. The lowest BCUT2D eigenvalue weighted by atomic mass is 9.70. The topological polar surface area (TPSA) is 35.5 Å². The number of methoxy groups -OCH3 is 2. The molecule has 0 saturated heterocycles. The fraction of sp³-hybridized carbons (Fsp3) is 0.643. The molecule has 3 aliphatic carbocycles. The molecule has 3 rings (SSSR count). The number of carbonyl (C=O) groups excluding carboxylic acids is 1. The van der Waals surface area contributed by atoms with Crippen LogP contribution in [-0.2, 0) is 14.3 Å². The highest BCUT2D eigenvalue weighted by atomic mass is 16.7. The molecule has 2 bridgehead atoms. The molecule has 17 heavy (non-hydrogen) atoms. The average molecular weight is 236 g/mol. The third-order valence-corrected chi connectivity index (χ3v) is 3.79. The van der Waals surface area contributed by atoms with E-state index in [0.717, 1.165) is 19.3 Å². The molecule has 3 heteroatoms. The molecular formula is C14H20O3. The maximum atomic E-state index is 12.4. The number of rotatable bonds is 5.